The van der Waals surface area contributed by atoms with Crippen LogP contribution in [0.5, 0.6) is 0 Å². The predicted molar refractivity (Wildman–Crippen MR) is 62.4 cm³/mol. The van der Waals surface area contributed by atoms with Gasteiger partial charge in [0.05, 0.1) is 24.9 Å². The van der Waals surface area contributed by atoms with Crippen molar-refractivity contribution in [2.45, 2.75) is 38.5 Å². The topological polar surface area (TPSA) is 120 Å². The highest BCUT2D eigenvalue weighted by Crippen LogP contribution is 2.29. The molecule has 0 amide bonds. The zero-order valence-corrected chi connectivity index (χ0v) is 11.3. The molecule has 18 heavy (non-hydrogen) atoms. The maximum Gasteiger partial charge on any atom is 0.337 e. The van der Waals surface area contributed by atoms with E-state index in [2.05, 4.69) is 4.18 Å². The molecular formula is C10H18N2O5S. The minimum atomic E-state index is -4.18. The van der Waals surface area contributed by atoms with Crippen molar-refractivity contribution in [3.8, 4) is 6.07 Å². The SMILES string of the molecule is CC(C)[C@H](O)C1(C#N)NS(=O)(=O)OC[C@H](C)[C@H]1O. The van der Waals surface area contributed by atoms with Gasteiger partial charge in [-0.2, -0.15) is 18.4 Å². The summed E-state index contributed by atoms with van der Waals surface area (Å²) in [5.74, 6) is -1.02. The molecule has 1 unspecified atom stereocenters. The summed E-state index contributed by atoms with van der Waals surface area (Å²) in [6, 6.07) is 1.70. The first-order valence-electron chi connectivity index (χ1n) is 5.62. The van der Waals surface area contributed by atoms with E-state index in [0.717, 1.165) is 0 Å². The van der Waals surface area contributed by atoms with Crippen LogP contribution < -0.4 is 4.72 Å². The van der Waals surface area contributed by atoms with Gasteiger partial charge < -0.3 is 10.2 Å². The molecule has 1 rings (SSSR count). The maximum absolute atomic E-state index is 11.6. The molecular weight excluding hydrogens is 260 g/mol. The van der Waals surface area contributed by atoms with Crippen LogP contribution in [-0.4, -0.2) is 43.0 Å². The van der Waals surface area contributed by atoms with Crippen LogP contribution in [0.3, 0.4) is 0 Å². The fraction of sp³-hybridized carbons (Fsp3) is 0.900. The van der Waals surface area contributed by atoms with E-state index in [9.17, 15) is 23.9 Å². The Hall–Kier alpha value is -0.720. The van der Waals surface area contributed by atoms with E-state index in [1.54, 1.807) is 26.8 Å². The lowest BCUT2D eigenvalue weighted by Gasteiger charge is -2.37. The van der Waals surface area contributed by atoms with Gasteiger partial charge in [-0.25, -0.2) is 0 Å². The highest BCUT2D eigenvalue weighted by Gasteiger charge is 2.53. The lowest BCUT2D eigenvalue weighted by Crippen LogP contribution is -2.64. The van der Waals surface area contributed by atoms with Crippen molar-refractivity contribution in [1.82, 2.24) is 4.72 Å². The van der Waals surface area contributed by atoms with Gasteiger partial charge in [0, 0.05) is 5.92 Å². The van der Waals surface area contributed by atoms with Gasteiger partial charge in [-0.1, -0.05) is 20.8 Å². The van der Waals surface area contributed by atoms with Gasteiger partial charge in [0.2, 0.25) is 0 Å². The Balaban J connectivity index is 3.32. The van der Waals surface area contributed by atoms with Gasteiger partial charge in [-0.05, 0) is 5.92 Å². The fourth-order valence-corrected chi connectivity index (χ4v) is 3.10. The predicted octanol–water partition coefficient (Wildman–Crippen LogP) is -0.873. The molecule has 3 N–H and O–H groups in total. The molecule has 0 aromatic rings. The molecule has 1 aliphatic rings. The molecule has 104 valence electrons. The molecule has 0 spiro atoms. The first kappa shape index (κ1) is 15.3. The minimum Gasteiger partial charge on any atom is -0.390 e. The zero-order chi connectivity index (χ0) is 14.1. The van der Waals surface area contributed by atoms with E-state index in [-0.39, 0.29) is 6.61 Å². The molecule has 0 aromatic heterocycles. The van der Waals surface area contributed by atoms with Crippen molar-refractivity contribution in [2.75, 3.05) is 6.61 Å². The minimum absolute atomic E-state index is 0.245. The van der Waals surface area contributed by atoms with Gasteiger partial charge in [0.1, 0.15) is 0 Å². The van der Waals surface area contributed by atoms with Gasteiger partial charge in [-0.15, -0.1) is 0 Å². The van der Waals surface area contributed by atoms with Gasteiger partial charge >= 0.3 is 10.3 Å². The van der Waals surface area contributed by atoms with Crippen molar-refractivity contribution in [2.24, 2.45) is 11.8 Å². The van der Waals surface area contributed by atoms with Crippen LogP contribution in [-0.2, 0) is 14.5 Å². The molecule has 7 nitrogen and oxygen atoms in total. The quantitative estimate of drug-likeness (QED) is 0.604. The smallest absolute Gasteiger partial charge is 0.337 e. The van der Waals surface area contributed by atoms with Crippen LogP contribution >= 0.6 is 0 Å². The molecule has 0 bridgehead atoms. The Labute approximate surface area is 107 Å². The Kier molecular flexibility index (Phi) is 4.35. The van der Waals surface area contributed by atoms with Gasteiger partial charge in [0.25, 0.3) is 0 Å². The summed E-state index contributed by atoms with van der Waals surface area (Å²) < 4.78 is 29.7. The summed E-state index contributed by atoms with van der Waals surface area (Å²) in [6.07, 6.45) is -2.71. The first-order valence-corrected chi connectivity index (χ1v) is 7.03. The van der Waals surface area contributed by atoms with Crippen molar-refractivity contribution >= 4 is 10.3 Å². The average molecular weight is 278 g/mol. The van der Waals surface area contributed by atoms with Crippen molar-refractivity contribution < 1.29 is 22.8 Å². The molecule has 0 saturated carbocycles. The first-order chi connectivity index (χ1) is 8.16. The van der Waals surface area contributed by atoms with Gasteiger partial charge in [-0.3, -0.25) is 4.18 Å². The number of aliphatic hydroxyl groups is 2. The normalized spacial score (nSPS) is 37.8. The molecule has 0 aliphatic carbocycles. The molecule has 0 radical (unpaired) electrons. The average Bonchev–Trinajstić information content (AvgIpc) is 2.38. The Morgan fingerprint density at radius 2 is 2.11 bits per heavy atom. The summed E-state index contributed by atoms with van der Waals surface area (Å²) in [5.41, 5.74) is -2.00. The number of nitrogens with one attached hydrogen (secondary N) is 1. The van der Waals surface area contributed by atoms with E-state index in [4.69, 9.17) is 0 Å². The lowest BCUT2D eigenvalue weighted by molar-refractivity contribution is -0.0338. The van der Waals surface area contributed by atoms with Crippen LogP contribution in [0.2, 0.25) is 0 Å². The zero-order valence-electron chi connectivity index (χ0n) is 10.5. The second-order valence-electron chi connectivity index (χ2n) is 4.93. The molecule has 1 fully saturated rings. The summed E-state index contributed by atoms with van der Waals surface area (Å²) in [4.78, 5) is 0. The summed E-state index contributed by atoms with van der Waals surface area (Å²) >= 11 is 0. The monoisotopic (exact) mass is 278 g/mol. The van der Waals surface area contributed by atoms with E-state index < -0.39 is 39.9 Å². The van der Waals surface area contributed by atoms with Crippen LogP contribution in [0.4, 0.5) is 0 Å². The van der Waals surface area contributed by atoms with E-state index in [0.29, 0.717) is 0 Å². The number of rotatable bonds is 2. The second kappa shape index (κ2) is 5.11. The van der Waals surface area contributed by atoms with Gasteiger partial charge in [0.15, 0.2) is 5.54 Å². The number of nitriles is 1. The maximum atomic E-state index is 11.6. The van der Waals surface area contributed by atoms with E-state index in [1.165, 1.54) is 0 Å². The molecule has 1 aliphatic heterocycles. The van der Waals surface area contributed by atoms with Crippen molar-refractivity contribution in [1.29, 1.82) is 5.26 Å². The van der Waals surface area contributed by atoms with Crippen molar-refractivity contribution in [3.05, 3.63) is 0 Å². The second-order valence-corrected chi connectivity index (χ2v) is 6.28. The molecule has 1 saturated heterocycles. The third-order valence-electron chi connectivity index (χ3n) is 3.07. The number of nitrogens with zero attached hydrogens (tertiary/aromatic N) is 1. The highest BCUT2D eigenvalue weighted by atomic mass is 32.2. The molecule has 8 heteroatoms. The third kappa shape index (κ3) is 2.65. The van der Waals surface area contributed by atoms with Crippen LogP contribution in [0.1, 0.15) is 20.8 Å². The molecule has 1 heterocycles. The standard InChI is InChI=1S/C10H18N2O5S/c1-6(2)8(13)10(5-11)9(14)7(3)4-17-18(15,16)12-10/h6-9,12-14H,4H2,1-3H3/t7-,8-,9+,10?/m0/s1. The third-order valence-corrected chi connectivity index (χ3v) is 4.10. The summed E-state index contributed by atoms with van der Waals surface area (Å²) in [5, 5.41) is 29.5. The lowest BCUT2D eigenvalue weighted by atomic mass is 9.78. The molecule has 4 atom stereocenters. The van der Waals surface area contributed by atoms with Crippen molar-refractivity contribution in [3.63, 3.8) is 0 Å². The van der Waals surface area contributed by atoms with Crippen LogP contribution in [0.15, 0.2) is 0 Å². The fourth-order valence-electron chi connectivity index (χ4n) is 1.95. The summed E-state index contributed by atoms with van der Waals surface area (Å²) in [7, 11) is -4.18. The summed E-state index contributed by atoms with van der Waals surface area (Å²) in [6.45, 7) is 4.56. The number of hydrogen-bond acceptors (Lipinski definition) is 6. The van der Waals surface area contributed by atoms with Crippen LogP contribution in [0.25, 0.3) is 0 Å². The van der Waals surface area contributed by atoms with E-state index >= 15 is 0 Å². The largest absolute Gasteiger partial charge is 0.390 e. The Bertz CT molecular complexity index is 444. The number of hydrogen-bond donors (Lipinski definition) is 3. The molecule has 0 aromatic carbocycles. The Morgan fingerprint density at radius 3 is 2.56 bits per heavy atom. The Morgan fingerprint density at radius 1 is 1.56 bits per heavy atom. The highest BCUT2D eigenvalue weighted by molar-refractivity contribution is 7.84. The number of aliphatic hydroxyl groups excluding tert-OH is 2. The van der Waals surface area contributed by atoms with E-state index in [1.807, 2.05) is 4.72 Å². The van der Waals surface area contributed by atoms with Crippen LogP contribution in [0, 0.1) is 23.2 Å².